The van der Waals surface area contributed by atoms with Gasteiger partial charge in [-0.2, -0.15) is 0 Å². The number of rotatable bonds is 6. The lowest BCUT2D eigenvalue weighted by molar-refractivity contribution is 0.157. The highest BCUT2D eigenvalue weighted by atomic mass is 79.9. The van der Waals surface area contributed by atoms with Crippen molar-refractivity contribution in [1.29, 1.82) is 0 Å². The Balaban J connectivity index is 2.71. The summed E-state index contributed by atoms with van der Waals surface area (Å²) < 4.78 is 19.6. The van der Waals surface area contributed by atoms with E-state index in [2.05, 4.69) is 45.7 Å². The number of benzene rings is 1. The van der Waals surface area contributed by atoms with Gasteiger partial charge in [0.25, 0.3) is 0 Å². The normalized spacial score (nSPS) is 11.6. The molecule has 4 heteroatoms. The van der Waals surface area contributed by atoms with Crippen LogP contribution < -0.4 is 4.74 Å². The lowest BCUT2D eigenvalue weighted by Gasteiger charge is -2.29. The average molecular weight is 368 g/mol. The fourth-order valence-electron chi connectivity index (χ4n) is 1.53. The first-order chi connectivity index (χ1) is 8.05. The summed E-state index contributed by atoms with van der Waals surface area (Å²) in [6.07, 6.45) is 2.07. The van der Waals surface area contributed by atoms with Gasteiger partial charge in [0.1, 0.15) is 11.6 Å². The van der Waals surface area contributed by atoms with Crippen molar-refractivity contribution < 1.29 is 9.13 Å². The first kappa shape index (κ1) is 15.0. The fourth-order valence-corrected chi connectivity index (χ4v) is 2.93. The molecule has 0 spiro atoms. The monoisotopic (exact) mass is 366 g/mol. The van der Waals surface area contributed by atoms with E-state index in [-0.39, 0.29) is 11.2 Å². The summed E-state index contributed by atoms with van der Waals surface area (Å²) in [7, 11) is 0. The highest BCUT2D eigenvalue weighted by Gasteiger charge is 2.25. The van der Waals surface area contributed by atoms with Crippen LogP contribution in [0.2, 0.25) is 0 Å². The molecule has 0 unspecified atom stereocenters. The van der Waals surface area contributed by atoms with Gasteiger partial charge in [-0.05, 0) is 25.0 Å². The predicted octanol–water partition coefficient (Wildman–Crippen LogP) is 5.17. The van der Waals surface area contributed by atoms with Crippen LogP contribution in [0.4, 0.5) is 4.39 Å². The van der Waals surface area contributed by atoms with Gasteiger partial charge in [0.15, 0.2) is 0 Å². The summed E-state index contributed by atoms with van der Waals surface area (Å²) in [5.74, 6) is 0.288. The summed E-state index contributed by atoms with van der Waals surface area (Å²) in [5.41, 5.74) is 0.124. The minimum Gasteiger partial charge on any atom is -0.493 e. The number of hydrogen-bond donors (Lipinski definition) is 0. The van der Waals surface area contributed by atoms with Gasteiger partial charge >= 0.3 is 0 Å². The maximum absolute atomic E-state index is 13.2. The van der Waals surface area contributed by atoms with Crippen LogP contribution in [0, 0.1) is 11.2 Å². The highest BCUT2D eigenvalue weighted by Crippen LogP contribution is 2.30. The zero-order chi connectivity index (χ0) is 12.9. The van der Waals surface area contributed by atoms with Crippen LogP contribution in [0.1, 0.15) is 26.7 Å². The van der Waals surface area contributed by atoms with E-state index in [9.17, 15) is 4.39 Å². The summed E-state index contributed by atoms with van der Waals surface area (Å²) in [6, 6.07) is 4.62. The third-order valence-corrected chi connectivity index (χ3v) is 4.81. The molecule has 0 saturated carbocycles. The maximum Gasteiger partial charge on any atom is 0.128 e. The first-order valence-corrected chi connectivity index (χ1v) is 7.61. The average Bonchev–Trinajstić information content (AvgIpc) is 2.30. The minimum absolute atomic E-state index is 0.124. The lowest BCUT2D eigenvalue weighted by Crippen LogP contribution is -2.29. The van der Waals surface area contributed by atoms with E-state index < -0.39 is 0 Å². The van der Waals surface area contributed by atoms with Crippen LogP contribution in [0.25, 0.3) is 0 Å². The van der Waals surface area contributed by atoms with Crippen molar-refractivity contribution in [2.45, 2.75) is 26.7 Å². The molecule has 0 aliphatic carbocycles. The van der Waals surface area contributed by atoms with Crippen molar-refractivity contribution in [2.75, 3.05) is 11.9 Å². The van der Waals surface area contributed by atoms with Crippen LogP contribution in [0.15, 0.2) is 22.7 Å². The topological polar surface area (TPSA) is 9.23 Å². The predicted molar refractivity (Wildman–Crippen MR) is 76.4 cm³/mol. The molecular formula is C13H17Br2FO. The molecule has 0 heterocycles. The first-order valence-electron chi connectivity index (χ1n) is 5.70. The highest BCUT2D eigenvalue weighted by molar-refractivity contribution is 9.10. The van der Waals surface area contributed by atoms with E-state index in [4.69, 9.17) is 4.74 Å². The number of hydrogen-bond acceptors (Lipinski definition) is 1. The van der Waals surface area contributed by atoms with Crippen LogP contribution in [0.3, 0.4) is 0 Å². The van der Waals surface area contributed by atoms with Gasteiger partial charge in [-0.3, -0.25) is 0 Å². The molecule has 0 aromatic heterocycles. The third-order valence-electron chi connectivity index (χ3n) is 3.16. The zero-order valence-corrected chi connectivity index (χ0v) is 13.3. The fraction of sp³-hybridized carbons (Fsp3) is 0.538. The molecule has 0 atom stereocenters. The second-order valence-electron chi connectivity index (χ2n) is 4.23. The van der Waals surface area contributed by atoms with Gasteiger partial charge in [-0.15, -0.1) is 0 Å². The van der Waals surface area contributed by atoms with Crippen molar-refractivity contribution in [3.8, 4) is 5.75 Å². The third kappa shape index (κ3) is 4.25. The molecule has 0 radical (unpaired) electrons. The molecule has 0 aliphatic heterocycles. The van der Waals surface area contributed by atoms with Gasteiger partial charge < -0.3 is 4.74 Å². The standard InChI is InChI=1S/C13H17Br2FO/c1-3-13(4-2,8-14)9-17-12-6-10(15)5-11(16)7-12/h5-7H,3-4,8-9H2,1-2H3. The van der Waals surface area contributed by atoms with Gasteiger partial charge in [0.2, 0.25) is 0 Å². The van der Waals surface area contributed by atoms with Crippen LogP contribution in [0.5, 0.6) is 5.75 Å². The Kier molecular flexibility index (Phi) is 5.93. The van der Waals surface area contributed by atoms with Crippen LogP contribution in [-0.2, 0) is 0 Å². The Morgan fingerprint density at radius 3 is 2.35 bits per heavy atom. The van der Waals surface area contributed by atoms with E-state index >= 15 is 0 Å². The van der Waals surface area contributed by atoms with E-state index in [1.54, 1.807) is 6.07 Å². The molecule has 1 aromatic rings. The van der Waals surface area contributed by atoms with Crippen molar-refractivity contribution >= 4 is 31.9 Å². The SMILES string of the molecule is CCC(CC)(CBr)COc1cc(F)cc(Br)c1. The largest absolute Gasteiger partial charge is 0.493 e. The zero-order valence-electron chi connectivity index (χ0n) is 10.1. The van der Waals surface area contributed by atoms with Crippen molar-refractivity contribution in [1.82, 2.24) is 0 Å². The molecule has 96 valence electrons. The van der Waals surface area contributed by atoms with Gasteiger partial charge in [-0.1, -0.05) is 45.7 Å². The van der Waals surface area contributed by atoms with Crippen LogP contribution >= 0.6 is 31.9 Å². The van der Waals surface area contributed by atoms with E-state index in [0.29, 0.717) is 16.8 Å². The maximum atomic E-state index is 13.2. The Labute approximate surface area is 119 Å². The smallest absolute Gasteiger partial charge is 0.128 e. The van der Waals surface area contributed by atoms with Gasteiger partial charge in [0.05, 0.1) is 6.61 Å². The quantitative estimate of drug-likeness (QED) is 0.630. The molecule has 1 rings (SSSR count). The molecular weight excluding hydrogens is 351 g/mol. The van der Waals surface area contributed by atoms with E-state index in [0.717, 1.165) is 18.2 Å². The van der Waals surface area contributed by atoms with Crippen molar-refractivity contribution in [2.24, 2.45) is 5.41 Å². The molecule has 0 aliphatic rings. The Morgan fingerprint density at radius 2 is 1.88 bits per heavy atom. The number of alkyl halides is 1. The summed E-state index contributed by atoms with van der Waals surface area (Å²) in [6.45, 7) is 4.90. The molecule has 17 heavy (non-hydrogen) atoms. The van der Waals surface area contributed by atoms with Crippen molar-refractivity contribution in [3.05, 3.63) is 28.5 Å². The molecule has 0 fully saturated rings. The molecule has 1 aromatic carbocycles. The lowest BCUT2D eigenvalue weighted by atomic mass is 9.86. The molecule has 0 bridgehead atoms. The molecule has 0 saturated heterocycles. The minimum atomic E-state index is -0.285. The Bertz CT molecular complexity index is 336. The number of halogens is 3. The summed E-state index contributed by atoms with van der Waals surface area (Å²) in [4.78, 5) is 0. The van der Waals surface area contributed by atoms with Gasteiger partial charge in [0, 0.05) is 21.3 Å². The van der Waals surface area contributed by atoms with E-state index in [1.807, 2.05) is 0 Å². The second-order valence-corrected chi connectivity index (χ2v) is 5.71. The molecule has 0 amide bonds. The Hall–Kier alpha value is -0.0900. The van der Waals surface area contributed by atoms with Crippen molar-refractivity contribution in [3.63, 3.8) is 0 Å². The molecule has 1 nitrogen and oxygen atoms in total. The van der Waals surface area contributed by atoms with E-state index in [1.165, 1.54) is 12.1 Å². The Morgan fingerprint density at radius 1 is 1.24 bits per heavy atom. The number of ether oxygens (including phenoxy) is 1. The van der Waals surface area contributed by atoms with Crippen LogP contribution in [-0.4, -0.2) is 11.9 Å². The summed E-state index contributed by atoms with van der Waals surface area (Å²) >= 11 is 6.79. The molecule has 0 N–H and O–H groups in total. The van der Waals surface area contributed by atoms with Gasteiger partial charge in [-0.25, -0.2) is 4.39 Å². The second kappa shape index (κ2) is 6.74. The summed E-state index contributed by atoms with van der Waals surface area (Å²) in [5, 5.41) is 0.892.